The monoisotopic (exact) mass is 225 g/mol. The molecule has 1 aromatic rings. The zero-order chi connectivity index (χ0) is 11.7. The number of hydrogen-bond acceptors (Lipinski definition) is 5. The highest BCUT2D eigenvalue weighted by Crippen LogP contribution is 2.19. The van der Waals surface area contributed by atoms with Crippen LogP contribution in [0.5, 0.6) is 0 Å². The van der Waals surface area contributed by atoms with Gasteiger partial charge in [-0.05, 0) is 12.8 Å². The lowest BCUT2D eigenvalue weighted by atomic mass is 10.2. The Hall–Kier alpha value is -2.12. The second-order valence-corrected chi connectivity index (χ2v) is 3.54. The summed E-state index contributed by atoms with van der Waals surface area (Å²) in [6, 6.07) is -0.779. The second-order valence-electron chi connectivity index (χ2n) is 3.54. The molecular weight excluding hydrogens is 214 g/mol. The van der Waals surface area contributed by atoms with E-state index in [0.717, 1.165) is 0 Å². The molecule has 0 bridgehead atoms. The Labute approximate surface area is 90.4 Å². The summed E-state index contributed by atoms with van der Waals surface area (Å²) in [7, 11) is 0. The summed E-state index contributed by atoms with van der Waals surface area (Å²) in [5.74, 6) is -1.53. The number of nitrogen functional groups attached to an aromatic ring is 1. The predicted octanol–water partition coefficient (Wildman–Crippen LogP) is -0.924. The predicted molar refractivity (Wildman–Crippen MR) is 52.5 cm³/mol. The van der Waals surface area contributed by atoms with E-state index in [-0.39, 0.29) is 11.8 Å². The summed E-state index contributed by atoms with van der Waals surface area (Å²) in [5.41, 5.74) is 5.27. The average molecular weight is 225 g/mol. The molecule has 16 heavy (non-hydrogen) atoms. The van der Waals surface area contributed by atoms with Gasteiger partial charge >= 0.3 is 5.97 Å². The van der Waals surface area contributed by atoms with Crippen LogP contribution in [0.1, 0.15) is 23.5 Å². The molecule has 1 aliphatic heterocycles. The molecule has 0 saturated carbocycles. The third kappa shape index (κ3) is 1.69. The zero-order valence-corrected chi connectivity index (χ0v) is 8.38. The normalized spacial score (nSPS) is 20.0. The number of amides is 1. The summed E-state index contributed by atoms with van der Waals surface area (Å²) < 4.78 is 0. The first-order chi connectivity index (χ1) is 7.59. The van der Waals surface area contributed by atoms with Crippen molar-refractivity contribution < 1.29 is 14.7 Å². The van der Waals surface area contributed by atoms with Gasteiger partial charge in [-0.25, -0.2) is 4.79 Å². The molecule has 0 aromatic carbocycles. The lowest BCUT2D eigenvalue weighted by Gasteiger charge is -2.19. The minimum absolute atomic E-state index is 0.0225. The number of aromatic amines is 1. The molecule has 4 N–H and O–H groups in total. The Morgan fingerprint density at radius 1 is 1.56 bits per heavy atom. The quantitative estimate of drug-likeness (QED) is 0.597. The molecule has 8 heteroatoms. The maximum absolute atomic E-state index is 11.8. The fourth-order valence-corrected chi connectivity index (χ4v) is 1.77. The summed E-state index contributed by atoms with van der Waals surface area (Å²) in [6.07, 6.45) is 1.14. The van der Waals surface area contributed by atoms with Gasteiger partial charge in [-0.15, -0.1) is 5.10 Å². The van der Waals surface area contributed by atoms with E-state index in [2.05, 4.69) is 15.2 Å². The third-order valence-electron chi connectivity index (χ3n) is 2.50. The number of nitrogens with one attached hydrogen (secondary N) is 1. The van der Waals surface area contributed by atoms with Gasteiger partial charge in [0.25, 0.3) is 5.91 Å². The van der Waals surface area contributed by atoms with Crippen molar-refractivity contribution >= 4 is 17.8 Å². The minimum Gasteiger partial charge on any atom is -0.480 e. The maximum atomic E-state index is 11.8. The molecule has 0 aliphatic carbocycles. The lowest BCUT2D eigenvalue weighted by Crippen LogP contribution is -2.40. The number of carboxylic acids is 1. The number of nitrogens with zero attached hydrogens (tertiary/aromatic N) is 3. The minimum atomic E-state index is -1.00. The standard InChI is InChI=1S/C8H11N5O3/c9-8-10-5(11-12-8)6(14)13-3-1-2-4(13)7(15)16/h4H,1-3H2,(H,15,16)(H3,9,10,11,12)/t4-/m0/s1. The SMILES string of the molecule is Nc1n[nH]c(C(=O)N2CCC[C@H]2C(=O)O)n1. The van der Waals surface area contributed by atoms with Crippen molar-refractivity contribution in [2.24, 2.45) is 0 Å². The highest BCUT2D eigenvalue weighted by molar-refractivity contribution is 5.94. The van der Waals surface area contributed by atoms with Gasteiger partial charge in [-0.2, -0.15) is 4.98 Å². The van der Waals surface area contributed by atoms with Gasteiger partial charge in [-0.1, -0.05) is 0 Å². The van der Waals surface area contributed by atoms with Crippen molar-refractivity contribution in [2.45, 2.75) is 18.9 Å². The van der Waals surface area contributed by atoms with Gasteiger partial charge in [0.15, 0.2) is 0 Å². The first-order valence-electron chi connectivity index (χ1n) is 4.81. The van der Waals surface area contributed by atoms with Crippen LogP contribution in [0.15, 0.2) is 0 Å². The van der Waals surface area contributed by atoms with Crippen LogP contribution in [0.3, 0.4) is 0 Å². The van der Waals surface area contributed by atoms with Gasteiger partial charge in [0.05, 0.1) is 0 Å². The first kappa shape index (κ1) is 10.4. The van der Waals surface area contributed by atoms with Crippen molar-refractivity contribution in [2.75, 3.05) is 12.3 Å². The van der Waals surface area contributed by atoms with E-state index >= 15 is 0 Å². The highest BCUT2D eigenvalue weighted by Gasteiger charge is 2.35. The number of nitrogens with two attached hydrogens (primary N) is 1. The molecule has 1 amide bonds. The van der Waals surface area contributed by atoms with Crippen molar-refractivity contribution in [1.29, 1.82) is 0 Å². The summed E-state index contributed by atoms with van der Waals surface area (Å²) >= 11 is 0. The Kier molecular flexibility index (Phi) is 2.47. The fraction of sp³-hybridized carbons (Fsp3) is 0.500. The van der Waals surface area contributed by atoms with Gasteiger partial charge < -0.3 is 15.7 Å². The summed E-state index contributed by atoms with van der Waals surface area (Å²) in [5, 5.41) is 14.8. The van der Waals surface area contributed by atoms with E-state index < -0.39 is 17.9 Å². The van der Waals surface area contributed by atoms with E-state index in [0.29, 0.717) is 19.4 Å². The van der Waals surface area contributed by atoms with Crippen LogP contribution >= 0.6 is 0 Å². The Morgan fingerprint density at radius 2 is 2.31 bits per heavy atom. The van der Waals surface area contributed by atoms with E-state index in [1.807, 2.05) is 0 Å². The van der Waals surface area contributed by atoms with Crippen molar-refractivity contribution in [3.8, 4) is 0 Å². The van der Waals surface area contributed by atoms with Crippen LogP contribution in [0, 0.1) is 0 Å². The maximum Gasteiger partial charge on any atom is 0.326 e. The largest absolute Gasteiger partial charge is 0.480 e. The average Bonchev–Trinajstić information content (AvgIpc) is 2.84. The molecule has 1 aromatic heterocycles. The smallest absolute Gasteiger partial charge is 0.326 e. The third-order valence-corrected chi connectivity index (χ3v) is 2.50. The summed E-state index contributed by atoms with van der Waals surface area (Å²) in [6.45, 7) is 0.413. The molecule has 0 spiro atoms. The Balaban J connectivity index is 2.18. The number of carboxylic acid groups (broad SMARTS) is 1. The molecule has 1 saturated heterocycles. The number of rotatable bonds is 2. The molecule has 2 rings (SSSR count). The Bertz CT molecular complexity index is 429. The van der Waals surface area contributed by atoms with Gasteiger partial charge in [-0.3, -0.25) is 9.89 Å². The number of hydrogen-bond donors (Lipinski definition) is 3. The summed E-state index contributed by atoms with van der Waals surface area (Å²) in [4.78, 5) is 27.7. The molecule has 0 unspecified atom stereocenters. The van der Waals surface area contributed by atoms with E-state index in [9.17, 15) is 9.59 Å². The molecule has 1 atom stereocenters. The van der Waals surface area contributed by atoms with Crippen LogP contribution in [0.25, 0.3) is 0 Å². The van der Waals surface area contributed by atoms with Gasteiger partial charge in [0, 0.05) is 6.54 Å². The highest BCUT2D eigenvalue weighted by atomic mass is 16.4. The van der Waals surface area contributed by atoms with E-state index in [4.69, 9.17) is 10.8 Å². The van der Waals surface area contributed by atoms with Crippen LogP contribution < -0.4 is 5.73 Å². The molecule has 8 nitrogen and oxygen atoms in total. The van der Waals surface area contributed by atoms with Crippen molar-refractivity contribution in [1.82, 2.24) is 20.1 Å². The molecule has 2 heterocycles. The molecule has 1 aliphatic rings. The number of H-pyrrole nitrogens is 1. The van der Waals surface area contributed by atoms with Crippen LogP contribution in [-0.4, -0.2) is 49.7 Å². The number of likely N-dealkylation sites (tertiary alicyclic amines) is 1. The fourth-order valence-electron chi connectivity index (χ4n) is 1.77. The second kappa shape index (κ2) is 3.80. The van der Waals surface area contributed by atoms with Crippen LogP contribution in [0.4, 0.5) is 5.95 Å². The molecule has 86 valence electrons. The first-order valence-corrected chi connectivity index (χ1v) is 4.81. The van der Waals surface area contributed by atoms with Crippen molar-refractivity contribution in [3.63, 3.8) is 0 Å². The number of aliphatic carboxylic acids is 1. The zero-order valence-electron chi connectivity index (χ0n) is 8.38. The van der Waals surface area contributed by atoms with Crippen LogP contribution in [0.2, 0.25) is 0 Å². The van der Waals surface area contributed by atoms with E-state index in [1.54, 1.807) is 0 Å². The van der Waals surface area contributed by atoms with Gasteiger partial charge in [0.1, 0.15) is 6.04 Å². The number of aromatic nitrogens is 3. The van der Waals surface area contributed by atoms with Crippen LogP contribution in [-0.2, 0) is 4.79 Å². The Morgan fingerprint density at radius 3 is 2.88 bits per heavy atom. The van der Waals surface area contributed by atoms with Gasteiger partial charge in [0.2, 0.25) is 11.8 Å². The lowest BCUT2D eigenvalue weighted by molar-refractivity contribution is -0.141. The number of carbonyl (C=O) groups is 2. The number of anilines is 1. The molecule has 0 radical (unpaired) electrons. The molecule has 1 fully saturated rings. The van der Waals surface area contributed by atoms with Crippen molar-refractivity contribution in [3.05, 3.63) is 5.82 Å². The van der Waals surface area contributed by atoms with E-state index in [1.165, 1.54) is 4.90 Å². The molecular formula is C8H11N5O3. The topological polar surface area (TPSA) is 125 Å². The number of carbonyl (C=O) groups excluding carboxylic acids is 1.